The summed E-state index contributed by atoms with van der Waals surface area (Å²) in [6, 6.07) is 6.27. The molecule has 0 aromatic heterocycles. The van der Waals surface area contributed by atoms with Crippen LogP contribution in [-0.2, 0) is 9.53 Å². The first-order chi connectivity index (χ1) is 11.1. The number of carbonyl (C=O) groups excluding carboxylic acids is 1. The smallest absolute Gasteiger partial charge is 0.231 e. The maximum atomic E-state index is 13.5. The second-order valence-electron chi connectivity index (χ2n) is 5.97. The zero-order valence-corrected chi connectivity index (χ0v) is 13.8. The lowest BCUT2D eigenvalue weighted by Gasteiger charge is -2.38. The highest BCUT2D eigenvalue weighted by Crippen LogP contribution is 2.31. The van der Waals surface area contributed by atoms with E-state index in [-0.39, 0.29) is 18.3 Å². The predicted octanol–water partition coefficient (Wildman–Crippen LogP) is 1.68. The number of methoxy groups -OCH3 is 1. The van der Waals surface area contributed by atoms with Gasteiger partial charge in [0.25, 0.3) is 0 Å². The molecule has 1 N–H and O–H groups in total. The second-order valence-corrected chi connectivity index (χ2v) is 5.97. The minimum Gasteiger partial charge on any atom is -0.489 e. The number of carbonyl (C=O) groups is 1. The molecule has 1 aromatic rings. The third-order valence-electron chi connectivity index (χ3n) is 4.30. The number of nitrogens with one attached hydrogen (secondary N) is 1. The number of amides is 1. The Morgan fingerprint density at radius 3 is 2.70 bits per heavy atom. The molecule has 1 fully saturated rings. The number of ether oxygens (including phenoxy) is 2. The Hall–Kier alpha value is -1.66. The van der Waals surface area contributed by atoms with Gasteiger partial charge in [0.15, 0.2) is 11.6 Å². The molecule has 0 unspecified atom stereocenters. The molecule has 2 rings (SSSR count). The van der Waals surface area contributed by atoms with E-state index in [4.69, 9.17) is 9.47 Å². The van der Waals surface area contributed by atoms with Gasteiger partial charge in [-0.15, -0.1) is 0 Å². The van der Waals surface area contributed by atoms with Gasteiger partial charge in [0.2, 0.25) is 5.91 Å². The molecule has 1 saturated heterocycles. The first-order valence-electron chi connectivity index (χ1n) is 7.91. The topological polar surface area (TPSA) is 50.8 Å². The van der Waals surface area contributed by atoms with Gasteiger partial charge >= 0.3 is 0 Å². The molecule has 23 heavy (non-hydrogen) atoms. The Balaban J connectivity index is 1.89. The molecule has 0 bridgehead atoms. The maximum absolute atomic E-state index is 13.5. The van der Waals surface area contributed by atoms with Crippen molar-refractivity contribution in [3.63, 3.8) is 0 Å². The van der Waals surface area contributed by atoms with Crippen molar-refractivity contribution in [3.8, 4) is 5.75 Å². The zero-order valence-electron chi connectivity index (χ0n) is 13.8. The highest BCUT2D eigenvalue weighted by molar-refractivity contribution is 5.82. The fourth-order valence-electron chi connectivity index (χ4n) is 2.96. The van der Waals surface area contributed by atoms with Crippen LogP contribution in [0.1, 0.15) is 12.8 Å². The van der Waals surface area contributed by atoms with Crippen molar-refractivity contribution < 1.29 is 18.7 Å². The Morgan fingerprint density at radius 2 is 2.04 bits per heavy atom. The van der Waals surface area contributed by atoms with Crippen molar-refractivity contribution in [1.82, 2.24) is 10.2 Å². The number of nitrogens with zero attached hydrogens (tertiary/aromatic N) is 1. The minimum atomic E-state index is -0.466. The molecule has 0 saturated carbocycles. The number of para-hydroxylation sites is 1. The third-order valence-corrected chi connectivity index (χ3v) is 4.30. The Morgan fingerprint density at radius 1 is 1.35 bits per heavy atom. The van der Waals surface area contributed by atoms with Gasteiger partial charge in [-0.2, -0.15) is 0 Å². The van der Waals surface area contributed by atoms with E-state index in [1.54, 1.807) is 37.3 Å². The van der Waals surface area contributed by atoms with Crippen LogP contribution in [0, 0.1) is 11.2 Å². The predicted molar refractivity (Wildman–Crippen MR) is 85.9 cm³/mol. The van der Waals surface area contributed by atoms with Gasteiger partial charge in [-0.25, -0.2) is 4.39 Å². The van der Waals surface area contributed by atoms with Gasteiger partial charge in [-0.1, -0.05) is 12.1 Å². The summed E-state index contributed by atoms with van der Waals surface area (Å²) in [5, 5.41) is 3.27. The lowest BCUT2D eigenvalue weighted by atomic mass is 9.78. The normalized spacial score (nSPS) is 16.8. The molecule has 128 valence electrons. The third kappa shape index (κ3) is 4.42. The monoisotopic (exact) mass is 324 g/mol. The van der Waals surface area contributed by atoms with E-state index < -0.39 is 11.2 Å². The molecule has 1 amide bonds. The summed E-state index contributed by atoms with van der Waals surface area (Å²) in [4.78, 5) is 14.5. The number of hydrogen-bond acceptors (Lipinski definition) is 4. The van der Waals surface area contributed by atoms with E-state index in [2.05, 4.69) is 5.32 Å². The summed E-state index contributed by atoms with van der Waals surface area (Å²) < 4.78 is 24.2. The highest BCUT2D eigenvalue weighted by atomic mass is 19.1. The number of likely N-dealkylation sites (N-methyl/N-ethyl adjacent to an activating group) is 1. The van der Waals surface area contributed by atoms with Crippen LogP contribution in [0.4, 0.5) is 4.39 Å². The number of piperidine rings is 1. The summed E-state index contributed by atoms with van der Waals surface area (Å²) in [6.07, 6.45) is 1.52. The number of rotatable bonds is 7. The van der Waals surface area contributed by atoms with Crippen LogP contribution in [-0.4, -0.2) is 57.8 Å². The van der Waals surface area contributed by atoms with Crippen LogP contribution in [0.3, 0.4) is 0 Å². The van der Waals surface area contributed by atoms with E-state index in [1.165, 1.54) is 6.07 Å². The van der Waals surface area contributed by atoms with Crippen molar-refractivity contribution in [2.75, 3.05) is 47.0 Å². The molecule has 0 aliphatic carbocycles. The van der Waals surface area contributed by atoms with E-state index in [0.717, 1.165) is 25.9 Å². The number of hydrogen-bond donors (Lipinski definition) is 1. The minimum absolute atomic E-state index is 0.0676. The van der Waals surface area contributed by atoms with Gasteiger partial charge in [0.05, 0.1) is 18.6 Å². The first kappa shape index (κ1) is 17.7. The largest absolute Gasteiger partial charge is 0.489 e. The molecule has 1 aromatic carbocycles. The van der Waals surface area contributed by atoms with Crippen LogP contribution in [0.15, 0.2) is 24.3 Å². The molecular weight excluding hydrogens is 299 g/mol. The van der Waals surface area contributed by atoms with Gasteiger partial charge in [-0.05, 0) is 38.1 Å². The van der Waals surface area contributed by atoms with E-state index in [9.17, 15) is 9.18 Å². The second kappa shape index (κ2) is 8.26. The average molecular weight is 324 g/mol. The van der Waals surface area contributed by atoms with Crippen LogP contribution in [0.2, 0.25) is 0 Å². The molecule has 6 heteroatoms. The van der Waals surface area contributed by atoms with E-state index in [1.807, 2.05) is 0 Å². The summed E-state index contributed by atoms with van der Waals surface area (Å²) in [5.41, 5.74) is -0.466. The van der Waals surface area contributed by atoms with Gasteiger partial charge in [0, 0.05) is 14.2 Å². The molecule has 1 heterocycles. The fraction of sp³-hybridized carbons (Fsp3) is 0.588. The summed E-state index contributed by atoms with van der Waals surface area (Å²) in [7, 11) is 3.38. The van der Waals surface area contributed by atoms with Crippen LogP contribution in [0.25, 0.3) is 0 Å². The summed E-state index contributed by atoms with van der Waals surface area (Å²) >= 11 is 0. The van der Waals surface area contributed by atoms with Gasteiger partial charge < -0.3 is 19.7 Å². The average Bonchev–Trinajstić information content (AvgIpc) is 2.57. The molecule has 1 aliphatic rings. The van der Waals surface area contributed by atoms with E-state index >= 15 is 0 Å². The van der Waals surface area contributed by atoms with Crippen molar-refractivity contribution in [3.05, 3.63) is 30.1 Å². The van der Waals surface area contributed by atoms with Crippen molar-refractivity contribution in [2.24, 2.45) is 5.41 Å². The van der Waals surface area contributed by atoms with Gasteiger partial charge in [-0.3, -0.25) is 4.79 Å². The summed E-state index contributed by atoms with van der Waals surface area (Å²) in [6.45, 7) is 2.71. The molecular formula is C17H25FN2O3. The fourth-order valence-corrected chi connectivity index (χ4v) is 2.96. The van der Waals surface area contributed by atoms with Crippen LogP contribution >= 0.6 is 0 Å². The van der Waals surface area contributed by atoms with Crippen molar-refractivity contribution >= 4 is 5.91 Å². The molecule has 0 spiro atoms. The molecule has 0 radical (unpaired) electrons. The highest BCUT2D eigenvalue weighted by Gasteiger charge is 2.41. The van der Waals surface area contributed by atoms with E-state index in [0.29, 0.717) is 13.2 Å². The summed E-state index contributed by atoms with van der Waals surface area (Å²) in [5.74, 6) is -0.115. The first-order valence-corrected chi connectivity index (χ1v) is 7.91. The molecule has 0 atom stereocenters. The number of halogens is 1. The standard InChI is InChI=1S/C17H25FN2O3/c1-20(11-12-23-15-6-4-3-5-14(15)18)16(21)17(13-22-2)7-9-19-10-8-17/h3-6,19H,7-13H2,1-2H3. The van der Waals surface area contributed by atoms with Crippen LogP contribution in [0.5, 0.6) is 5.75 Å². The van der Waals surface area contributed by atoms with Crippen molar-refractivity contribution in [2.45, 2.75) is 12.8 Å². The molecule has 5 nitrogen and oxygen atoms in total. The van der Waals surface area contributed by atoms with Crippen molar-refractivity contribution in [1.29, 1.82) is 0 Å². The number of benzene rings is 1. The quantitative estimate of drug-likeness (QED) is 0.829. The van der Waals surface area contributed by atoms with Crippen LogP contribution < -0.4 is 10.1 Å². The van der Waals surface area contributed by atoms with Gasteiger partial charge in [0.1, 0.15) is 6.61 Å². The SMILES string of the molecule is COCC1(C(=O)N(C)CCOc2ccccc2F)CCNCC1. The lowest BCUT2D eigenvalue weighted by Crippen LogP contribution is -2.51. The Labute approximate surface area is 136 Å². The Kier molecular flexibility index (Phi) is 6.36. The zero-order chi connectivity index (χ0) is 16.7. The lowest BCUT2D eigenvalue weighted by molar-refractivity contribution is -0.146. The Bertz CT molecular complexity index is 513. The maximum Gasteiger partial charge on any atom is 0.231 e. The molecule has 1 aliphatic heterocycles.